The normalized spacial score (nSPS) is 17.6. The van der Waals surface area contributed by atoms with Crippen LogP contribution in [0, 0.1) is 5.92 Å². The van der Waals surface area contributed by atoms with Gasteiger partial charge in [-0.15, -0.1) is 0 Å². The van der Waals surface area contributed by atoms with E-state index in [1.807, 2.05) is 44.2 Å². The Labute approximate surface area is 215 Å². The number of benzene rings is 2. The minimum atomic E-state index is -0.952. The summed E-state index contributed by atoms with van der Waals surface area (Å²) < 4.78 is 11.0. The van der Waals surface area contributed by atoms with Crippen molar-refractivity contribution in [3.63, 3.8) is 0 Å². The molecule has 3 aromatic rings. The fraction of sp³-hybridized carbons (Fsp3) is 0.286. The van der Waals surface area contributed by atoms with Crippen LogP contribution in [0.5, 0.6) is 5.75 Å². The highest BCUT2D eigenvalue weighted by Gasteiger charge is 2.31. The molecular formula is C28H30N4O5. The van der Waals surface area contributed by atoms with Crippen molar-refractivity contribution in [2.45, 2.75) is 45.1 Å². The summed E-state index contributed by atoms with van der Waals surface area (Å²) in [4.78, 5) is 42.8. The molecule has 0 spiro atoms. The van der Waals surface area contributed by atoms with Gasteiger partial charge in [0.1, 0.15) is 30.2 Å². The van der Waals surface area contributed by atoms with E-state index in [0.717, 1.165) is 5.56 Å². The molecule has 3 atom stereocenters. The van der Waals surface area contributed by atoms with Crippen LogP contribution in [0.25, 0.3) is 0 Å². The van der Waals surface area contributed by atoms with Gasteiger partial charge in [0.2, 0.25) is 11.8 Å². The zero-order valence-corrected chi connectivity index (χ0v) is 20.7. The van der Waals surface area contributed by atoms with Crippen molar-refractivity contribution in [3.8, 4) is 5.75 Å². The average molecular weight is 503 g/mol. The second-order valence-corrected chi connectivity index (χ2v) is 9.17. The molecule has 1 aliphatic rings. The summed E-state index contributed by atoms with van der Waals surface area (Å²) in [6.07, 6.45) is 2.64. The monoisotopic (exact) mass is 502 g/mol. The first-order valence-corrected chi connectivity index (χ1v) is 12.1. The van der Waals surface area contributed by atoms with Crippen LogP contribution in [-0.4, -0.2) is 36.0 Å². The van der Waals surface area contributed by atoms with E-state index in [1.54, 1.807) is 36.4 Å². The fourth-order valence-electron chi connectivity index (χ4n) is 3.84. The van der Waals surface area contributed by atoms with E-state index >= 15 is 0 Å². The average Bonchev–Trinajstić information content (AvgIpc) is 3.44. The van der Waals surface area contributed by atoms with Crippen LogP contribution < -0.4 is 20.7 Å². The zero-order valence-electron chi connectivity index (χ0n) is 20.7. The predicted octanol–water partition coefficient (Wildman–Crippen LogP) is 3.39. The van der Waals surface area contributed by atoms with Crippen LogP contribution in [-0.2, 0) is 16.2 Å². The molecule has 0 radical (unpaired) electrons. The van der Waals surface area contributed by atoms with Crippen molar-refractivity contribution in [1.29, 1.82) is 0 Å². The standard InChI is InChI=1S/C28H30N4O5/c1-18(2)15-22(27(34)31-23-16-29-25(32-28(23)35)24-9-6-14-36-24)30-26(33)20-10-12-21(13-11-20)37-17-19-7-4-3-5-8-19/h3-14,16,18,22-23,25H,15,17H2,1-2H3,(H,30,33)(H,31,34)(H,32,35)/t22-,23?,25?/m0/s1. The van der Waals surface area contributed by atoms with E-state index in [0.29, 0.717) is 30.1 Å². The number of hydrogen-bond acceptors (Lipinski definition) is 6. The van der Waals surface area contributed by atoms with Crippen LogP contribution in [0.1, 0.15) is 48.1 Å². The zero-order chi connectivity index (χ0) is 26.2. The molecule has 2 heterocycles. The van der Waals surface area contributed by atoms with Crippen molar-refractivity contribution < 1.29 is 23.5 Å². The lowest BCUT2D eigenvalue weighted by atomic mass is 10.0. The Morgan fingerprint density at radius 3 is 2.46 bits per heavy atom. The van der Waals surface area contributed by atoms with Gasteiger partial charge in [-0.05, 0) is 54.3 Å². The van der Waals surface area contributed by atoms with Gasteiger partial charge in [0.25, 0.3) is 5.91 Å². The Kier molecular flexibility index (Phi) is 8.35. The van der Waals surface area contributed by atoms with Crippen LogP contribution in [0.15, 0.2) is 82.4 Å². The molecule has 37 heavy (non-hydrogen) atoms. The number of aliphatic imine (C=N–C) groups is 1. The van der Waals surface area contributed by atoms with E-state index in [2.05, 4.69) is 20.9 Å². The number of hydrogen-bond donors (Lipinski definition) is 3. The van der Waals surface area contributed by atoms with Gasteiger partial charge >= 0.3 is 0 Å². The largest absolute Gasteiger partial charge is 0.489 e. The molecule has 3 amide bonds. The van der Waals surface area contributed by atoms with Gasteiger partial charge in [-0.1, -0.05) is 44.2 Å². The predicted molar refractivity (Wildman–Crippen MR) is 138 cm³/mol. The summed E-state index contributed by atoms with van der Waals surface area (Å²) in [5.74, 6) is -0.0152. The van der Waals surface area contributed by atoms with E-state index in [4.69, 9.17) is 9.15 Å². The maximum absolute atomic E-state index is 13.0. The summed E-state index contributed by atoms with van der Waals surface area (Å²) in [6.45, 7) is 4.32. The van der Waals surface area contributed by atoms with Gasteiger partial charge in [0, 0.05) is 11.8 Å². The van der Waals surface area contributed by atoms with Gasteiger partial charge < -0.3 is 25.1 Å². The highest BCUT2D eigenvalue weighted by molar-refractivity contribution is 6.04. The molecular weight excluding hydrogens is 472 g/mol. The number of carbonyl (C=O) groups excluding carboxylic acids is 3. The second-order valence-electron chi connectivity index (χ2n) is 9.17. The molecule has 0 saturated carbocycles. The number of nitrogens with zero attached hydrogens (tertiary/aromatic N) is 1. The quantitative estimate of drug-likeness (QED) is 0.392. The number of amides is 3. The van der Waals surface area contributed by atoms with Gasteiger partial charge in [-0.3, -0.25) is 19.4 Å². The smallest absolute Gasteiger partial charge is 0.251 e. The van der Waals surface area contributed by atoms with Crippen LogP contribution >= 0.6 is 0 Å². The first-order chi connectivity index (χ1) is 17.9. The summed E-state index contributed by atoms with van der Waals surface area (Å²) in [5, 5.41) is 8.17. The number of rotatable bonds is 10. The van der Waals surface area contributed by atoms with Crippen molar-refractivity contribution >= 4 is 23.9 Å². The molecule has 1 aromatic heterocycles. The Hall–Kier alpha value is -4.40. The second kappa shape index (κ2) is 12.0. The first-order valence-electron chi connectivity index (χ1n) is 12.1. The lowest BCUT2D eigenvalue weighted by molar-refractivity contribution is -0.129. The molecule has 2 aromatic carbocycles. The van der Waals surface area contributed by atoms with Gasteiger partial charge in [-0.2, -0.15) is 0 Å². The Morgan fingerprint density at radius 1 is 1.05 bits per heavy atom. The molecule has 9 heteroatoms. The van der Waals surface area contributed by atoms with Crippen LogP contribution in [0.3, 0.4) is 0 Å². The summed E-state index contributed by atoms with van der Waals surface area (Å²) in [6, 6.07) is 18.1. The number of furan rings is 1. The Bertz CT molecular complexity index is 1220. The third kappa shape index (κ3) is 7.07. The van der Waals surface area contributed by atoms with Crippen molar-refractivity contribution in [2.75, 3.05) is 0 Å². The lowest BCUT2D eigenvalue weighted by Crippen LogP contribution is -2.56. The molecule has 0 saturated heterocycles. The molecule has 0 bridgehead atoms. The topological polar surface area (TPSA) is 122 Å². The van der Waals surface area contributed by atoms with Crippen LogP contribution in [0.2, 0.25) is 0 Å². The molecule has 0 aliphatic carbocycles. The van der Waals surface area contributed by atoms with E-state index in [-0.39, 0.29) is 5.92 Å². The number of nitrogens with one attached hydrogen (secondary N) is 3. The fourth-order valence-corrected chi connectivity index (χ4v) is 3.84. The summed E-state index contributed by atoms with van der Waals surface area (Å²) >= 11 is 0. The maximum atomic E-state index is 13.0. The van der Waals surface area contributed by atoms with Crippen molar-refractivity contribution in [3.05, 3.63) is 89.9 Å². The van der Waals surface area contributed by atoms with E-state index in [9.17, 15) is 14.4 Å². The van der Waals surface area contributed by atoms with Gasteiger partial charge in [0.05, 0.1) is 6.26 Å². The summed E-state index contributed by atoms with van der Waals surface area (Å²) in [5.41, 5.74) is 1.44. The molecule has 1 aliphatic heterocycles. The minimum absolute atomic E-state index is 0.127. The highest BCUT2D eigenvalue weighted by atomic mass is 16.5. The minimum Gasteiger partial charge on any atom is -0.489 e. The highest BCUT2D eigenvalue weighted by Crippen LogP contribution is 2.18. The lowest BCUT2D eigenvalue weighted by Gasteiger charge is -2.25. The maximum Gasteiger partial charge on any atom is 0.251 e. The number of carbonyl (C=O) groups is 3. The van der Waals surface area contributed by atoms with E-state index < -0.39 is 36.0 Å². The Balaban J connectivity index is 1.35. The van der Waals surface area contributed by atoms with Gasteiger partial charge in [-0.25, -0.2) is 0 Å². The van der Waals surface area contributed by atoms with Crippen LogP contribution in [0.4, 0.5) is 0 Å². The van der Waals surface area contributed by atoms with Crippen molar-refractivity contribution in [2.24, 2.45) is 10.9 Å². The molecule has 4 rings (SSSR count). The van der Waals surface area contributed by atoms with Crippen molar-refractivity contribution in [1.82, 2.24) is 16.0 Å². The molecule has 9 nitrogen and oxygen atoms in total. The Morgan fingerprint density at radius 2 is 1.81 bits per heavy atom. The molecule has 192 valence electrons. The third-order valence-corrected chi connectivity index (χ3v) is 5.75. The summed E-state index contributed by atoms with van der Waals surface area (Å²) in [7, 11) is 0. The van der Waals surface area contributed by atoms with E-state index in [1.165, 1.54) is 12.5 Å². The number of ether oxygens (including phenoxy) is 1. The molecule has 2 unspecified atom stereocenters. The van der Waals surface area contributed by atoms with Gasteiger partial charge in [0.15, 0.2) is 6.17 Å². The first kappa shape index (κ1) is 25.7. The SMILES string of the molecule is CC(C)C[C@H](NC(=O)c1ccc(OCc2ccccc2)cc1)C(=O)NC1C=NC(c2ccco2)NC1=O. The molecule has 0 fully saturated rings. The molecule has 3 N–H and O–H groups in total. The third-order valence-electron chi connectivity index (χ3n) is 5.75.